The lowest BCUT2D eigenvalue weighted by molar-refractivity contribution is 0.442. The van der Waals surface area contributed by atoms with Gasteiger partial charge in [0.25, 0.3) is 0 Å². The molecule has 4 heteroatoms. The molecule has 1 N–H and O–H groups in total. The maximum absolute atomic E-state index is 8.72. The van der Waals surface area contributed by atoms with E-state index in [-0.39, 0.29) is 5.41 Å². The first-order chi connectivity index (χ1) is 6.90. The van der Waals surface area contributed by atoms with Crippen molar-refractivity contribution in [2.45, 2.75) is 20.8 Å². The summed E-state index contributed by atoms with van der Waals surface area (Å²) in [5, 5.41) is 12.4. The number of rotatable bonds is 2. The molecule has 0 aliphatic rings. The average molecular weight is 224 g/mol. The average Bonchev–Trinajstić information content (AvgIpc) is 2.13. The van der Waals surface area contributed by atoms with Crippen molar-refractivity contribution >= 4 is 17.4 Å². The van der Waals surface area contributed by atoms with Crippen LogP contribution in [0.5, 0.6) is 0 Å². The van der Waals surface area contributed by atoms with Gasteiger partial charge in [-0.1, -0.05) is 32.4 Å². The predicted octanol–water partition coefficient (Wildman–Crippen LogP) is 3.06. The first kappa shape index (κ1) is 11.8. The SMILES string of the molecule is CC(C)(C)CNc1cc(Cl)cc(C#N)n1. The molecule has 0 aromatic carbocycles. The first-order valence-electron chi connectivity index (χ1n) is 4.72. The van der Waals surface area contributed by atoms with Crippen LogP contribution in [0.15, 0.2) is 12.1 Å². The molecule has 0 radical (unpaired) electrons. The van der Waals surface area contributed by atoms with Crippen molar-refractivity contribution in [2.75, 3.05) is 11.9 Å². The molecule has 1 aromatic rings. The molecule has 3 nitrogen and oxygen atoms in total. The molecule has 0 aliphatic heterocycles. The second-order valence-electron chi connectivity index (χ2n) is 4.58. The van der Waals surface area contributed by atoms with E-state index in [1.807, 2.05) is 6.07 Å². The van der Waals surface area contributed by atoms with Gasteiger partial charge in [0.15, 0.2) is 0 Å². The highest BCUT2D eigenvalue weighted by Gasteiger charge is 2.10. The molecule has 0 amide bonds. The van der Waals surface area contributed by atoms with Gasteiger partial charge in [0.1, 0.15) is 17.6 Å². The zero-order chi connectivity index (χ0) is 11.5. The van der Waals surface area contributed by atoms with Crippen LogP contribution in [0.3, 0.4) is 0 Å². The zero-order valence-corrected chi connectivity index (χ0v) is 9.89. The van der Waals surface area contributed by atoms with Crippen LogP contribution >= 0.6 is 11.6 Å². The van der Waals surface area contributed by atoms with Crippen LogP contribution in [-0.2, 0) is 0 Å². The zero-order valence-electron chi connectivity index (χ0n) is 9.13. The van der Waals surface area contributed by atoms with Gasteiger partial charge in [-0.2, -0.15) is 5.26 Å². The summed E-state index contributed by atoms with van der Waals surface area (Å²) in [5.74, 6) is 0.647. The van der Waals surface area contributed by atoms with E-state index < -0.39 is 0 Å². The van der Waals surface area contributed by atoms with Gasteiger partial charge in [0.2, 0.25) is 0 Å². The van der Waals surface area contributed by atoms with Crippen LogP contribution < -0.4 is 5.32 Å². The summed E-state index contributed by atoms with van der Waals surface area (Å²) in [6, 6.07) is 5.23. The highest BCUT2D eigenvalue weighted by Crippen LogP contribution is 2.18. The number of pyridine rings is 1. The molecular weight excluding hydrogens is 210 g/mol. The van der Waals surface area contributed by atoms with Gasteiger partial charge in [-0.15, -0.1) is 0 Å². The Morgan fingerprint density at radius 1 is 1.47 bits per heavy atom. The van der Waals surface area contributed by atoms with Gasteiger partial charge in [0, 0.05) is 11.6 Å². The van der Waals surface area contributed by atoms with Gasteiger partial charge in [0.05, 0.1) is 0 Å². The third kappa shape index (κ3) is 4.18. The van der Waals surface area contributed by atoms with E-state index in [4.69, 9.17) is 16.9 Å². The van der Waals surface area contributed by atoms with E-state index in [0.717, 1.165) is 6.54 Å². The number of nitriles is 1. The van der Waals surface area contributed by atoms with Gasteiger partial charge in [-0.3, -0.25) is 0 Å². The molecule has 0 atom stereocenters. The molecule has 0 saturated heterocycles. The summed E-state index contributed by atoms with van der Waals surface area (Å²) in [4.78, 5) is 4.10. The minimum Gasteiger partial charge on any atom is -0.369 e. The minimum absolute atomic E-state index is 0.163. The van der Waals surface area contributed by atoms with Gasteiger partial charge in [-0.25, -0.2) is 4.98 Å². The minimum atomic E-state index is 0.163. The normalized spacial score (nSPS) is 10.9. The van der Waals surface area contributed by atoms with E-state index >= 15 is 0 Å². The van der Waals surface area contributed by atoms with Crippen molar-refractivity contribution in [3.8, 4) is 6.07 Å². The predicted molar refractivity (Wildman–Crippen MR) is 61.9 cm³/mol. The number of nitrogens with zero attached hydrogens (tertiary/aromatic N) is 2. The molecule has 1 heterocycles. The summed E-state index contributed by atoms with van der Waals surface area (Å²) in [5.41, 5.74) is 0.496. The fraction of sp³-hybridized carbons (Fsp3) is 0.455. The maximum Gasteiger partial charge on any atom is 0.144 e. The Hall–Kier alpha value is -1.27. The molecule has 15 heavy (non-hydrogen) atoms. The molecule has 0 bridgehead atoms. The second kappa shape index (κ2) is 4.50. The molecule has 0 saturated carbocycles. The molecule has 80 valence electrons. The number of aromatic nitrogens is 1. The number of halogens is 1. The Balaban J connectivity index is 2.78. The monoisotopic (exact) mass is 223 g/mol. The lowest BCUT2D eigenvalue weighted by Crippen LogP contribution is -2.19. The highest BCUT2D eigenvalue weighted by atomic mass is 35.5. The molecule has 1 rings (SSSR count). The van der Waals surface area contributed by atoms with Crippen LogP contribution in [-0.4, -0.2) is 11.5 Å². The Morgan fingerprint density at radius 2 is 2.13 bits per heavy atom. The molecule has 0 unspecified atom stereocenters. The van der Waals surface area contributed by atoms with Crippen molar-refractivity contribution < 1.29 is 0 Å². The largest absolute Gasteiger partial charge is 0.369 e. The van der Waals surface area contributed by atoms with Crippen molar-refractivity contribution in [1.82, 2.24) is 4.98 Å². The van der Waals surface area contributed by atoms with Crippen molar-refractivity contribution in [1.29, 1.82) is 5.26 Å². The number of hydrogen-bond acceptors (Lipinski definition) is 3. The Kier molecular flexibility index (Phi) is 3.54. The number of hydrogen-bond donors (Lipinski definition) is 1. The summed E-state index contributed by atoms with van der Waals surface area (Å²) < 4.78 is 0. The third-order valence-electron chi connectivity index (χ3n) is 1.70. The Morgan fingerprint density at radius 3 is 2.67 bits per heavy atom. The van der Waals surface area contributed by atoms with Crippen LogP contribution in [0, 0.1) is 16.7 Å². The van der Waals surface area contributed by atoms with Crippen molar-refractivity contribution in [2.24, 2.45) is 5.41 Å². The maximum atomic E-state index is 8.72. The number of anilines is 1. The van der Waals surface area contributed by atoms with E-state index in [1.54, 1.807) is 12.1 Å². The van der Waals surface area contributed by atoms with Gasteiger partial charge < -0.3 is 5.32 Å². The molecular formula is C11H14ClN3. The topological polar surface area (TPSA) is 48.7 Å². The lowest BCUT2D eigenvalue weighted by atomic mass is 9.97. The van der Waals surface area contributed by atoms with Crippen LogP contribution in [0.4, 0.5) is 5.82 Å². The smallest absolute Gasteiger partial charge is 0.144 e. The van der Waals surface area contributed by atoms with E-state index in [0.29, 0.717) is 16.5 Å². The Bertz CT molecular complexity index is 388. The van der Waals surface area contributed by atoms with E-state index in [9.17, 15) is 0 Å². The summed E-state index contributed by atoms with van der Waals surface area (Å²) in [7, 11) is 0. The standard InChI is InChI=1S/C11H14ClN3/c1-11(2,3)7-14-10-5-8(12)4-9(6-13)15-10/h4-5H,7H2,1-3H3,(H,14,15). The molecule has 1 aromatic heterocycles. The fourth-order valence-electron chi connectivity index (χ4n) is 1.00. The summed E-state index contributed by atoms with van der Waals surface area (Å²) in [6.07, 6.45) is 0. The quantitative estimate of drug-likeness (QED) is 0.838. The highest BCUT2D eigenvalue weighted by molar-refractivity contribution is 6.30. The van der Waals surface area contributed by atoms with Crippen molar-refractivity contribution in [3.63, 3.8) is 0 Å². The molecule has 0 spiro atoms. The van der Waals surface area contributed by atoms with Gasteiger partial charge in [-0.05, 0) is 17.5 Å². The third-order valence-corrected chi connectivity index (χ3v) is 1.92. The Labute approximate surface area is 95.1 Å². The summed E-state index contributed by atoms with van der Waals surface area (Å²) >= 11 is 5.85. The fourth-order valence-corrected chi connectivity index (χ4v) is 1.21. The summed E-state index contributed by atoms with van der Waals surface area (Å²) in [6.45, 7) is 7.15. The molecule has 0 aliphatic carbocycles. The second-order valence-corrected chi connectivity index (χ2v) is 5.02. The van der Waals surface area contributed by atoms with Crippen LogP contribution in [0.2, 0.25) is 5.02 Å². The molecule has 0 fully saturated rings. The van der Waals surface area contributed by atoms with Crippen LogP contribution in [0.1, 0.15) is 26.5 Å². The van der Waals surface area contributed by atoms with E-state index in [2.05, 4.69) is 31.1 Å². The number of nitrogens with one attached hydrogen (secondary N) is 1. The van der Waals surface area contributed by atoms with Crippen molar-refractivity contribution in [3.05, 3.63) is 22.8 Å². The van der Waals surface area contributed by atoms with Gasteiger partial charge >= 0.3 is 0 Å². The lowest BCUT2D eigenvalue weighted by Gasteiger charge is -2.19. The first-order valence-corrected chi connectivity index (χ1v) is 5.10. The van der Waals surface area contributed by atoms with E-state index in [1.165, 1.54) is 0 Å². The van der Waals surface area contributed by atoms with Crippen LogP contribution in [0.25, 0.3) is 0 Å².